The smallest absolute Gasteiger partial charge is 0.263 e. The molecule has 2 heterocycles. The minimum Gasteiger partial charge on any atom is -0.336 e. The Morgan fingerprint density at radius 2 is 1.82 bits per heavy atom. The average Bonchev–Trinajstić information content (AvgIpc) is 3.26. The largest absolute Gasteiger partial charge is 0.336 e. The van der Waals surface area contributed by atoms with Crippen LogP contribution in [0.25, 0.3) is 21.3 Å². The molecule has 0 saturated heterocycles. The third-order valence-electron chi connectivity index (χ3n) is 5.33. The summed E-state index contributed by atoms with van der Waals surface area (Å²) in [5.74, 6) is -0.435. The van der Waals surface area contributed by atoms with Crippen molar-refractivity contribution < 1.29 is 9.59 Å². The molecule has 0 atom stereocenters. The van der Waals surface area contributed by atoms with Crippen molar-refractivity contribution >= 4 is 50.8 Å². The number of amides is 2. The standard InChI is InChI=1S/C25H24N4O3S2/c1-16-9-11-18(12-10-16)26-20(30)13-28(2)21(31)15-34-25-27-23-22(24(32)29(25)3)19(14-33-23)17-7-5-4-6-8-17/h4-12,14H,13,15H2,1-3H3,(H,26,30). The molecule has 0 radical (unpaired) electrons. The summed E-state index contributed by atoms with van der Waals surface area (Å²) in [5.41, 5.74) is 3.46. The number of benzene rings is 2. The Kier molecular flexibility index (Phi) is 7.14. The van der Waals surface area contributed by atoms with Crippen LogP contribution in [0.15, 0.2) is 69.9 Å². The van der Waals surface area contributed by atoms with E-state index >= 15 is 0 Å². The number of thiophene rings is 1. The second-order valence-corrected chi connectivity index (χ2v) is 9.71. The maximum Gasteiger partial charge on any atom is 0.263 e. The number of fused-ring (bicyclic) bond motifs is 1. The molecule has 4 aromatic rings. The zero-order valence-electron chi connectivity index (χ0n) is 19.1. The Morgan fingerprint density at radius 3 is 2.53 bits per heavy atom. The topological polar surface area (TPSA) is 84.3 Å². The molecule has 1 N–H and O–H groups in total. The molecule has 0 fully saturated rings. The van der Waals surface area contributed by atoms with Crippen molar-refractivity contribution in [2.75, 3.05) is 24.7 Å². The summed E-state index contributed by atoms with van der Waals surface area (Å²) in [6.07, 6.45) is 0. The van der Waals surface area contributed by atoms with E-state index in [9.17, 15) is 14.4 Å². The maximum atomic E-state index is 13.1. The van der Waals surface area contributed by atoms with Crippen LogP contribution in [0.5, 0.6) is 0 Å². The van der Waals surface area contributed by atoms with Gasteiger partial charge in [-0.2, -0.15) is 0 Å². The van der Waals surface area contributed by atoms with Gasteiger partial charge < -0.3 is 10.2 Å². The lowest BCUT2D eigenvalue weighted by molar-refractivity contribution is -0.131. The van der Waals surface area contributed by atoms with Crippen LogP contribution in [0, 0.1) is 6.92 Å². The molecule has 2 amide bonds. The summed E-state index contributed by atoms with van der Waals surface area (Å²) in [4.78, 5) is 44.6. The summed E-state index contributed by atoms with van der Waals surface area (Å²) in [6.45, 7) is 1.91. The van der Waals surface area contributed by atoms with Gasteiger partial charge in [0.2, 0.25) is 11.8 Å². The van der Waals surface area contributed by atoms with Crippen LogP contribution >= 0.6 is 23.1 Å². The summed E-state index contributed by atoms with van der Waals surface area (Å²) in [6, 6.07) is 17.2. The minimum atomic E-state index is -0.274. The number of hydrogen-bond donors (Lipinski definition) is 1. The Balaban J connectivity index is 1.42. The highest BCUT2D eigenvalue weighted by Gasteiger charge is 2.18. The summed E-state index contributed by atoms with van der Waals surface area (Å²) >= 11 is 2.60. The number of aromatic nitrogens is 2. The van der Waals surface area contributed by atoms with E-state index in [0.717, 1.165) is 16.7 Å². The van der Waals surface area contributed by atoms with E-state index in [2.05, 4.69) is 10.3 Å². The number of anilines is 1. The number of nitrogens with one attached hydrogen (secondary N) is 1. The Labute approximate surface area is 205 Å². The van der Waals surface area contributed by atoms with Gasteiger partial charge in [0.15, 0.2) is 5.16 Å². The van der Waals surface area contributed by atoms with Crippen LogP contribution in [0.2, 0.25) is 0 Å². The van der Waals surface area contributed by atoms with Gasteiger partial charge in [-0.15, -0.1) is 11.3 Å². The molecule has 0 aliphatic carbocycles. The van der Waals surface area contributed by atoms with Crippen molar-refractivity contribution in [3.05, 3.63) is 75.9 Å². The molecule has 0 aliphatic rings. The molecular formula is C25H24N4O3S2. The predicted octanol–water partition coefficient (Wildman–Crippen LogP) is 4.16. The molecule has 4 rings (SSSR count). The fourth-order valence-electron chi connectivity index (χ4n) is 3.39. The summed E-state index contributed by atoms with van der Waals surface area (Å²) in [5, 5.41) is 5.77. The van der Waals surface area contributed by atoms with Gasteiger partial charge in [-0.3, -0.25) is 19.0 Å². The lowest BCUT2D eigenvalue weighted by Gasteiger charge is -2.17. The average molecular weight is 493 g/mol. The van der Waals surface area contributed by atoms with E-state index in [0.29, 0.717) is 21.1 Å². The predicted molar refractivity (Wildman–Crippen MR) is 138 cm³/mol. The number of nitrogens with zero attached hydrogens (tertiary/aromatic N) is 3. The van der Waals surface area contributed by atoms with Crippen molar-refractivity contribution in [3.63, 3.8) is 0 Å². The number of aryl methyl sites for hydroxylation is 1. The molecule has 2 aromatic carbocycles. The van der Waals surface area contributed by atoms with Crippen LogP contribution in [0.4, 0.5) is 5.69 Å². The number of rotatable bonds is 7. The molecule has 34 heavy (non-hydrogen) atoms. The quantitative estimate of drug-likeness (QED) is 0.309. The van der Waals surface area contributed by atoms with Gasteiger partial charge in [-0.05, 0) is 24.6 Å². The molecule has 0 spiro atoms. The second kappa shape index (κ2) is 10.2. The zero-order valence-corrected chi connectivity index (χ0v) is 20.7. The number of carbonyl (C=O) groups is 2. The monoisotopic (exact) mass is 492 g/mol. The minimum absolute atomic E-state index is 0.0655. The van der Waals surface area contributed by atoms with Gasteiger partial charge in [-0.1, -0.05) is 59.8 Å². The lowest BCUT2D eigenvalue weighted by Crippen LogP contribution is -2.36. The molecule has 2 aromatic heterocycles. The molecule has 0 saturated carbocycles. The molecule has 0 bridgehead atoms. The Hall–Kier alpha value is -3.43. The summed E-state index contributed by atoms with van der Waals surface area (Å²) < 4.78 is 1.48. The van der Waals surface area contributed by atoms with Crippen molar-refractivity contribution in [1.82, 2.24) is 14.5 Å². The normalized spacial score (nSPS) is 10.9. The lowest BCUT2D eigenvalue weighted by atomic mass is 10.1. The highest BCUT2D eigenvalue weighted by atomic mass is 32.2. The fraction of sp³-hybridized carbons (Fsp3) is 0.200. The molecule has 0 unspecified atom stereocenters. The third kappa shape index (κ3) is 5.21. The first-order chi connectivity index (χ1) is 16.3. The van der Waals surface area contributed by atoms with E-state index < -0.39 is 0 Å². The number of likely N-dealkylation sites (N-methyl/N-ethyl adjacent to an activating group) is 1. The van der Waals surface area contributed by atoms with Crippen molar-refractivity contribution in [2.45, 2.75) is 12.1 Å². The van der Waals surface area contributed by atoms with Crippen molar-refractivity contribution in [1.29, 1.82) is 0 Å². The molecule has 0 aliphatic heterocycles. The van der Waals surface area contributed by atoms with Crippen molar-refractivity contribution in [3.8, 4) is 11.1 Å². The van der Waals surface area contributed by atoms with E-state index in [-0.39, 0.29) is 29.7 Å². The number of thioether (sulfide) groups is 1. The van der Waals surface area contributed by atoms with Gasteiger partial charge in [0, 0.05) is 30.7 Å². The van der Waals surface area contributed by atoms with Gasteiger partial charge >= 0.3 is 0 Å². The molecule has 7 nitrogen and oxygen atoms in total. The van der Waals surface area contributed by atoms with Gasteiger partial charge in [0.25, 0.3) is 5.56 Å². The zero-order chi connectivity index (χ0) is 24.2. The van der Waals surface area contributed by atoms with Crippen LogP contribution in [0.1, 0.15) is 5.56 Å². The SMILES string of the molecule is Cc1ccc(NC(=O)CN(C)C(=O)CSc2nc3scc(-c4ccccc4)c3c(=O)n2C)cc1. The van der Waals surface area contributed by atoms with E-state index in [1.54, 1.807) is 14.1 Å². The summed E-state index contributed by atoms with van der Waals surface area (Å²) in [7, 11) is 3.24. The van der Waals surface area contributed by atoms with E-state index in [4.69, 9.17) is 0 Å². The van der Waals surface area contributed by atoms with Crippen LogP contribution in [0.3, 0.4) is 0 Å². The van der Waals surface area contributed by atoms with Gasteiger partial charge in [-0.25, -0.2) is 4.98 Å². The highest BCUT2D eigenvalue weighted by Crippen LogP contribution is 2.31. The van der Waals surface area contributed by atoms with E-state index in [1.165, 1.54) is 32.6 Å². The number of hydrogen-bond acceptors (Lipinski definition) is 6. The first-order valence-electron chi connectivity index (χ1n) is 10.6. The maximum absolute atomic E-state index is 13.1. The van der Waals surface area contributed by atoms with Gasteiger partial charge in [0.1, 0.15) is 4.83 Å². The fourth-order valence-corrected chi connectivity index (χ4v) is 5.29. The Bertz CT molecular complexity index is 1400. The highest BCUT2D eigenvalue weighted by molar-refractivity contribution is 7.99. The molecular weight excluding hydrogens is 468 g/mol. The third-order valence-corrected chi connectivity index (χ3v) is 7.21. The van der Waals surface area contributed by atoms with E-state index in [1.807, 2.05) is 66.9 Å². The molecule has 174 valence electrons. The Morgan fingerprint density at radius 1 is 1.12 bits per heavy atom. The van der Waals surface area contributed by atoms with Crippen LogP contribution in [-0.4, -0.2) is 45.6 Å². The van der Waals surface area contributed by atoms with Crippen LogP contribution in [-0.2, 0) is 16.6 Å². The first kappa shape index (κ1) is 23.7. The second-order valence-electron chi connectivity index (χ2n) is 7.91. The number of carbonyl (C=O) groups excluding carboxylic acids is 2. The van der Waals surface area contributed by atoms with Gasteiger partial charge in [0.05, 0.1) is 17.7 Å². The molecule has 9 heteroatoms. The van der Waals surface area contributed by atoms with Crippen molar-refractivity contribution in [2.24, 2.45) is 7.05 Å². The van der Waals surface area contributed by atoms with Crippen LogP contribution < -0.4 is 10.9 Å². The first-order valence-corrected chi connectivity index (χ1v) is 12.5.